The monoisotopic (exact) mass is 276 g/mol. The van der Waals surface area contributed by atoms with E-state index in [-0.39, 0.29) is 0 Å². The lowest BCUT2D eigenvalue weighted by molar-refractivity contribution is 0.168. The molecule has 2 heterocycles. The van der Waals surface area contributed by atoms with Crippen molar-refractivity contribution < 1.29 is 13.0 Å². The van der Waals surface area contributed by atoms with Gasteiger partial charge in [0.2, 0.25) is 0 Å². The van der Waals surface area contributed by atoms with Crippen LogP contribution in [0.2, 0.25) is 5.02 Å². The molecule has 0 aliphatic carbocycles. The quantitative estimate of drug-likeness (QED) is 0.838. The molecular weight excluding hydrogens is 264 g/mol. The van der Waals surface area contributed by atoms with Gasteiger partial charge in [0.25, 0.3) is 10.1 Å². The number of hydrogen-bond acceptors (Lipinski definition) is 4. The highest BCUT2D eigenvalue weighted by atomic mass is 35.5. The summed E-state index contributed by atoms with van der Waals surface area (Å²) in [5.74, 6) is 0. The van der Waals surface area contributed by atoms with Gasteiger partial charge in [-0.15, -0.1) is 0 Å². The van der Waals surface area contributed by atoms with Crippen LogP contribution in [-0.4, -0.2) is 41.2 Å². The predicted octanol–water partition coefficient (Wildman–Crippen LogP) is 1.12. The normalized spacial score (nSPS) is 18.1. The Balaban J connectivity index is 1.94. The molecule has 1 saturated heterocycles. The van der Waals surface area contributed by atoms with Crippen LogP contribution >= 0.6 is 11.6 Å². The zero-order valence-electron chi connectivity index (χ0n) is 9.30. The second kappa shape index (κ2) is 4.53. The topological polar surface area (TPSA) is 70.5 Å². The van der Waals surface area contributed by atoms with Crippen molar-refractivity contribution in [1.82, 2.24) is 9.88 Å². The van der Waals surface area contributed by atoms with E-state index >= 15 is 0 Å². The Bertz CT molecular complexity index is 526. The molecule has 1 aliphatic rings. The summed E-state index contributed by atoms with van der Waals surface area (Å²) in [6, 6.07) is 1.78. The average molecular weight is 277 g/mol. The van der Waals surface area contributed by atoms with Gasteiger partial charge in [-0.25, -0.2) is 0 Å². The number of aryl methyl sites for hydroxylation is 1. The summed E-state index contributed by atoms with van der Waals surface area (Å²) in [6.45, 7) is 3.10. The van der Waals surface area contributed by atoms with Gasteiger partial charge in [-0.1, -0.05) is 11.6 Å². The Labute approximate surface area is 105 Å². The minimum Gasteiger partial charge on any atom is -0.295 e. The van der Waals surface area contributed by atoms with Crippen molar-refractivity contribution in [2.24, 2.45) is 0 Å². The summed E-state index contributed by atoms with van der Waals surface area (Å²) in [7, 11) is -3.89. The van der Waals surface area contributed by atoms with Crippen molar-refractivity contribution in [3.8, 4) is 0 Å². The van der Waals surface area contributed by atoms with Gasteiger partial charge >= 0.3 is 0 Å². The van der Waals surface area contributed by atoms with Crippen LogP contribution in [0.1, 0.15) is 11.3 Å². The third kappa shape index (κ3) is 2.95. The molecule has 0 atom stereocenters. The number of likely N-dealkylation sites (tertiary alicyclic amines) is 1. The molecule has 2 rings (SSSR count). The van der Waals surface area contributed by atoms with Gasteiger partial charge in [0.15, 0.2) is 0 Å². The molecule has 0 saturated carbocycles. The minimum atomic E-state index is -3.89. The van der Waals surface area contributed by atoms with Crippen LogP contribution < -0.4 is 0 Å². The highest BCUT2D eigenvalue weighted by molar-refractivity contribution is 7.86. The summed E-state index contributed by atoms with van der Waals surface area (Å²) in [4.78, 5) is 6.11. The fraction of sp³-hybridized carbons (Fsp3) is 0.500. The number of nitrogens with zero attached hydrogens (tertiary/aromatic N) is 2. The average Bonchev–Trinajstić information content (AvgIpc) is 2.14. The maximum atomic E-state index is 10.8. The van der Waals surface area contributed by atoms with Gasteiger partial charge in [0.05, 0.1) is 5.69 Å². The van der Waals surface area contributed by atoms with Crippen LogP contribution in [-0.2, 0) is 16.7 Å². The fourth-order valence-electron chi connectivity index (χ4n) is 1.69. The van der Waals surface area contributed by atoms with E-state index in [2.05, 4.69) is 4.98 Å². The van der Waals surface area contributed by atoms with Crippen LogP contribution in [0.25, 0.3) is 0 Å². The highest BCUT2D eigenvalue weighted by Crippen LogP contribution is 2.20. The minimum absolute atomic E-state index is 0.339. The second-order valence-electron chi connectivity index (χ2n) is 4.26. The third-order valence-electron chi connectivity index (χ3n) is 2.82. The van der Waals surface area contributed by atoms with Crippen LogP contribution in [0, 0.1) is 6.92 Å². The molecule has 17 heavy (non-hydrogen) atoms. The number of halogens is 1. The third-order valence-corrected chi connectivity index (χ3v) is 4.37. The Morgan fingerprint density at radius 2 is 2.24 bits per heavy atom. The first kappa shape index (κ1) is 12.8. The van der Waals surface area contributed by atoms with E-state index in [9.17, 15) is 8.42 Å². The lowest BCUT2D eigenvalue weighted by atomic mass is 10.2. The van der Waals surface area contributed by atoms with Crippen LogP contribution in [0.5, 0.6) is 0 Å². The molecule has 1 aromatic rings. The first-order valence-electron chi connectivity index (χ1n) is 5.16. The molecule has 0 aromatic carbocycles. The smallest absolute Gasteiger partial charge is 0.270 e. The van der Waals surface area contributed by atoms with E-state index in [0.29, 0.717) is 24.7 Å². The van der Waals surface area contributed by atoms with E-state index in [1.54, 1.807) is 12.3 Å². The summed E-state index contributed by atoms with van der Waals surface area (Å²) in [6.07, 6.45) is 1.69. The molecule has 7 heteroatoms. The molecule has 0 amide bonds. The fourth-order valence-corrected chi connectivity index (χ4v) is 2.67. The van der Waals surface area contributed by atoms with Crippen molar-refractivity contribution in [3.63, 3.8) is 0 Å². The van der Waals surface area contributed by atoms with Gasteiger partial charge in [-0.3, -0.25) is 14.4 Å². The Kier molecular flexibility index (Phi) is 3.40. The molecule has 0 unspecified atom stereocenters. The van der Waals surface area contributed by atoms with Gasteiger partial charge in [-0.2, -0.15) is 8.42 Å². The van der Waals surface area contributed by atoms with Gasteiger partial charge in [0.1, 0.15) is 5.25 Å². The first-order chi connectivity index (χ1) is 7.86. The largest absolute Gasteiger partial charge is 0.295 e. The van der Waals surface area contributed by atoms with Crippen LogP contribution in [0.15, 0.2) is 12.3 Å². The molecule has 1 aromatic heterocycles. The van der Waals surface area contributed by atoms with Crippen molar-refractivity contribution >= 4 is 21.7 Å². The number of rotatable bonds is 3. The molecule has 1 fully saturated rings. The Morgan fingerprint density at radius 3 is 2.76 bits per heavy atom. The first-order valence-corrected chi connectivity index (χ1v) is 7.04. The van der Waals surface area contributed by atoms with E-state index in [4.69, 9.17) is 16.2 Å². The van der Waals surface area contributed by atoms with E-state index in [1.165, 1.54) is 0 Å². The molecule has 5 nitrogen and oxygen atoms in total. The number of pyridine rings is 1. The molecule has 0 bridgehead atoms. The number of hydrogen-bond donors (Lipinski definition) is 1. The summed E-state index contributed by atoms with van der Waals surface area (Å²) >= 11 is 5.97. The van der Waals surface area contributed by atoms with Crippen molar-refractivity contribution in [3.05, 3.63) is 28.5 Å². The van der Waals surface area contributed by atoms with Gasteiger partial charge in [0, 0.05) is 30.9 Å². The van der Waals surface area contributed by atoms with Crippen molar-refractivity contribution in [2.75, 3.05) is 13.1 Å². The molecule has 1 N–H and O–H groups in total. The number of aromatic nitrogens is 1. The van der Waals surface area contributed by atoms with Crippen molar-refractivity contribution in [1.29, 1.82) is 0 Å². The molecule has 0 spiro atoms. The summed E-state index contributed by atoms with van der Waals surface area (Å²) < 4.78 is 30.4. The predicted molar refractivity (Wildman–Crippen MR) is 64.6 cm³/mol. The zero-order valence-corrected chi connectivity index (χ0v) is 10.9. The van der Waals surface area contributed by atoms with E-state index < -0.39 is 15.4 Å². The van der Waals surface area contributed by atoms with Crippen LogP contribution in [0.4, 0.5) is 0 Å². The lowest BCUT2D eigenvalue weighted by Gasteiger charge is -2.36. The Hall–Kier alpha value is -0.690. The van der Waals surface area contributed by atoms with Crippen molar-refractivity contribution in [2.45, 2.75) is 18.7 Å². The maximum Gasteiger partial charge on any atom is 0.270 e. The standard InChI is InChI=1S/C10H13ClN2O3S/c1-7-3-12-8(2-10(7)11)4-13-5-9(6-13)17(14,15)16/h2-3,9H,4-6H2,1H3,(H,14,15,16). The van der Waals surface area contributed by atoms with Gasteiger partial charge < -0.3 is 0 Å². The Morgan fingerprint density at radius 1 is 1.59 bits per heavy atom. The maximum absolute atomic E-state index is 10.8. The molecule has 1 aliphatic heterocycles. The highest BCUT2D eigenvalue weighted by Gasteiger charge is 2.36. The van der Waals surface area contributed by atoms with E-state index in [1.807, 2.05) is 11.8 Å². The van der Waals surface area contributed by atoms with Gasteiger partial charge in [-0.05, 0) is 18.6 Å². The zero-order chi connectivity index (χ0) is 12.6. The second-order valence-corrected chi connectivity index (χ2v) is 6.36. The summed E-state index contributed by atoms with van der Waals surface area (Å²) in [5.41, 5.74) is 1.71. The SMILES string of the molecule is Cc1cnc(CN2CC(S(=O)(=O)O)C2)cc1Cl. The molecule has 94 valence electrons. The molecule has 0 radical (unpaired) electrons. The lowest BCUT2D eigenvalue weighted by Crippen LogP contribution is -2.53. The summed E-state index contributed by atoms with van der Waals surface area (Å²) in [5, 5.41) is -0.00901. The van der Waals surface area contributed by atoms with Crippen LogP contribution in [0.3, 0.4) is 0 Å². The van der Waals surface area contributed by atoms with E-state index in [0.717, 1.165) is 11.3 Å². The molecular formula is C10H13ClN2O3S.